The van der Waals surface area contributed by atoms with E-state index in [0.717, 1.165) is 51.9 Å². The van der Waals surface area contributed by atoms with Crippen LogP contribution in [0.4, 0.5) is 8.78 Å². The van der Waals surface area contributed by atoms with Gasteiger partial charge < -0.3 is 5.32 Å². The third kappa shape index (κ3) is 6.02. The molecule has 1 fully saturated rings. The highest BCUT2D eigenvalue weighted by atomic mass is 35.5. The van der Waals surface area contributed by atoms with Crippen LogP contribution in [0.5, 0.6) is 0 Å². The van der Waals surface area contributed by atoms with E-state index in [4.69, 9.17) is 11.6 Å². The average molecular weight is 390 g/mol. The minimum absolute atomic E-state index is 0. The van der Waals surface area contributed by atoms with Gasteiger partial charge in [-0.05, 0) is 18.6 Å². The highest BCUT2D eigenvalue weighted by Gasteiger charge is 2.28. The number of benzene rings is 1. The Kier molecular flexibility index (Phi) is 11.4. The maximum absolute atomic E-state index is 14.4. The molecule has 0 bridgehead atoms. The van der Waals surface area contributed by atoms with Gasteiger partial charge in [-0.15, -0.1) is 24.8 Å². The summed E-state index contributed by atoms with van der Waals surface area (Å²) in [7, 11) is 0. The lowest BCUT2D eigenvalue weighted by atomic mass is 9.97. The van der Waals surface area contributed by atoms with E-state index < -0.39 is 11.6 Å². The fourth-order valence-corrected chi connectivity index (χ4v) is 3.10. The maximum atomic E-state index is 14.4. The third-order valence-electron chi connectivity index (χ3n) is 4.09. The molecule has 0 radical (unpaired) electrons. The smallest absolute Gasteiger partial charge is 0.149 e. The zero-order valence-electron chi connectivity index (χ0n) is 13.3. The molecule has 0 amide bonds. The van der Waals surface area contributed by atoms with E-state index in [2.05, 4.69) is 17.1 Å². The predicted octanol–water partition coefficient (Wildman–Crippen LogP) is 4.99. The number of hydrogen-bond acceptors (Lipinski definition) is 2. The lowest BCUT2D eigenvalue weighted by molar-refractivity contribution is 0.156. The van der Waals surface area contributed by atoms with Crippen LogP contribution >= 0.6 is 36.4 Å². The van der Waals surface area contributed by atoms with Gasteiger partial charge in [-0.1, -0.05) is 37.8 Å². The van der Waals surface area contributed by atoms with Crippen LogP contribution in [-0.2, 0) is 0 Å². The van der Waals surface area contributed by atoms with Gasteiger partial charge in [-0.2, -0.15) is 0 Å². The molecule has 1 aromatic rings. The second-order valence-corrected chi connectivity index (χ2v) is 5.96. The van der Waals surface area contributed by atoms with E-state index >= 15 is 0 Å². The molecule has 0 aromatic heterocycles. The summed E-state index contributed by atoms with van der Waals surface area (Å²) in [6.07, 6.45) is 3.90. The molecule has 1 aliphatic heterocycles. The molecule has 1 saturated heterocycles. The Balaban J connectivity index is 0.00000242. The minimum Gasteiger partial charge on any atom is -0.314 e. The van der Waals surface area contributed by atoms with Gasteiger partial charge in [0.25, 0.3) is 0 Å². The van der Waals surface area contributed by atoms with Gasteiger partial charge in [0.05, 0.1) is 5.02 Å². The second kappa shape index (κ2) is 11.4. The van der Waals surface area contributed by atoms with E-state index in [9.17, 15) is 8.78 Å². The monoisotopic (exact) mass is 388 g/mol. The van der Waals surface area contributed by atoms with Crippen LogP contribution in [0.25, 0.3) is 0 Å². The quantitative estimate of drug-likeness (QED) is 0.545. The van der Waals surface area contributed by atoms with Crippen LogP contribution in [0.15, 0.2) is 12.1 Å². The van der Waals surface area contributed by atoms with Gasteiger partial charge >= 0.3 is 0 Å². The van der Waals surface area contributed by atoms with Crippen molar-refractivity contribution >= 4 is 36.4 Å². The molecule has 1 N–H and O–H groups in total. The Morgan fingerprint density at radius 3 is 2.43 bits per heavy atom. The van der Waals surface area contributed by atoms with Gasteiger partial charge in [-0.25, -0.2) is 8.78 Å². The van der Waals surface area contributed by atoms with E-state index in [-0.39, 0.29) is 41.4 Å². The largest absolute Gasteiger partial charge is 0.314 e. The predicted molar refractivity (Wildman–Crippen MR) is 97.2 cm³/mol. The highest BCUT2D eigenvalue weighted by molar-refractivity contribution is 6.30. The summed E-state index contributed by atoms with van der Waals surface area (Å²) < 4.78 is 28.6. The van der Waals surface area contributed by atoms with Crippen molar-refractivity contribution in [1.29, 1.82) is 0 Å². The maximum Gasteiger partial charge on any atom is 0.149 e. The Labute approximate surface area is 154 Å². The summed E-state index contributed by atoms with van der Waals surface area (Å²) in [5, 5.41) is 3.28. The summed E-state index contributed by atoms with van der Waals surface area (Å²) >= 11 is 5.86. The van der Waals surface area contributed by atoms with Crippen LogP contribution in [0.1, 0.15) is 44.2 Å². The van der Waals surface area contributed by atoms with Crippen molar-refractivity contribution in [1.82, 2.24) is 10.2 Å². The Morgan fingerprint density at radius 2 is 1.83 bits per heavy atom. The zero-order chi connectivity index (χ0) is 15.2. The van der Waals surface area contributed by atoms with E-state index in [1.54, 1.807) is 0 Å². The first-order valence-corrected chi connectivity index (χ1v) is 8.11. The average Bonchev–Trinajstić information content (AvgIpc) is 2.51. The lowest BCUT2D eigenvalue weighted by Crippen LogP contribution is -2.45. The zero-order valence-corrected chi connectivity index (χ0v) is 15.7. The van der Waals surface area contributed by atoms with Crippen molar-refractivity contribution in [3.8, 4) is 0 Å². The number of halogens is 5. The van der Waals surface area contributed by atoms with Crippen LogP contribution in [0.2, 0.25) is 5.02 Å². The molecule has 2 rings (SSSR count). The topological polar surface area (TPSA) is 15.3 Å². The van der Waals surface area contributed by atoms with Crippen LogP contribution in [0, 0.1) is 11.6 Å². The van der Waals surface area contributed by atoms with Gasteiger partial charge in [0, 0.05) is 37.8 Å². The van der Waals surface area contributed by atoms with Crippen LogP contribution in [0.3, 0.4) is 0 Å². The van der Waals surface area contributed by atoms with E-state index in [0.29, 0.717) is 0 Å². The van der Waals surface area contributed by atoms with E-state index in [1.807, 2.05) is 0 Å². The van der Waals surface area contributed by atoms with E-state index in [1.165, 1.54) is 12.1 Å². The molecule has 7 heteroatoms. The summed E-state index contributed by atoms with van der Waals surface area (Å²) in [5.41, 5.74) is 0.139. The molecular weight excluding hydrogens is 365 g/mol. The molecule has 0 unspecified atom stereocenters. The van der Waals surface area contributed by atoms with Gasteiger partial charge in [0.1, 0.15) is 11.6 Å². The summed E-state index contributed by atoms with van der Waals surface area (Å²) in [4.78, 5) is 2.17. The molecule has 1 heterocycles. The van der Waals surface area contributed by atoms with Crippen LogP contribution in [-0.4, -0.2) is 31.1 Å². The van der Waals surface area contributed by atoms with Crippen molar-refractivity contribution in [2.75, 3.05) is 26.2 Å². The summed E-state index contributed by atoms with van der Waals surface area (Å²) in [6, 6.07) is 2.34. The SMILES string of the molecule is CCCCC[C@@H](c1c(F)ccc(Cl)c1F)N1CCNCC1.Cl.Cl. The minimum atomic E-state index is -0.600. The first kappa shape index (κ1) is 22.9. The summed E-state index contributed by atoms with van der Waals surface area (Å²) in [6.45, 7) is 5.45. The fourth-order valence-electron chi connectivity index (χ4n) is 2.94. The van der Waals surface area contributed by atoms with Gasteiger partial charge in [0.2, 0.25) is 0 Å². The molecule has 134 valence electrons. The Morgan fingerprint density at radius 1 is 1.17 bits per heavy atom. The Hall–Kier alpha value is -0.130. The first-order valence-electron chi connectivity index (χ1n) is 7.73. The number of unbranched alkanes of at least 4 members (excludes halogenated alkanes) is 2. The molecule has 1 atom stereocenters. The van der Waals surface area contributed by atoms with Crippen molar-refractivity contribution < 1.29 is 8.78 Å². The molecule has 0 aliphatic carbocycles. The van der Waals surface area contributed by atoms with Crippen molar-refractivity contribution in [3.05, 3.63) is 34.4 Å². The first-order chi connectivity index (χ1) is 10.1. The number of rotatable bonds is 6. The van der Waals surface area contributed by atoms with Crippen molar-refractivity contribution in [2.24, 2.45) is 0 Å². The molecule has 1 aromatic carbocycles. The normalized spacial score (nSPS) is 16.3. The Bertz CT molecular complexity index is 469. The van der Waals surface area contributed by atoms with Crippen molar-refractivity contribution in [2.45, 2.75) is 38.6 Å². The third-order valence-corrected chi connectivity index (χ3v) is 4.38. The number of hydrogen-bond donors (Lipinski definition) is 1. The van der Waals surface area contributed by atoms with Crippen molar-refractivity contribution in [3.63, 3.8) is 0 Å². The number of nitrogens with one attached hydrogen (secondary N) is 1. The number of piperazine rings is 1. The highest BCUT2D eigenvalue weighted by Crippen LogP contribution is 2.33. The number of nitrogens with zero attached hydrogens (tertiary/aromatic N) is 1. The molecule has 23 heavy (non-hydrogen) atoms. The second-order valence-electron chi connectivity index (χ2n) is 5.55. The standard InChI is InChI=1S/C16H23ClF2N2.2ClH/c1-2-3-4-5-14(21-10-8-20-9-11-21)15-13(18)7-6-12(17)16(15)19;;/h6-7,14,20H,2-5,8-11H2,1H3;2*1H/t14-;;/m0../s1. The van der Waals surface area contributed by atoms with Gasteiger partial charge in [0.15, 0.2) is 0 Å². The molecular formula is C16H25Cl3F2N2. The molecule has 0 spiro atoms. The fraction of sp³-hybridized carbons (Fsp3) is 0.625. The van der Waals surface area contributed by atoms with Crippen LogP contribution < -0.4 is 5.32 Å². The molecule has 0 saturated carbocycles. The van der Waals surface area contributed by atoms with Gasteiger partial charge in [-0.3, -0.25) is 4.90 Å². The summed E-state index contributed by atoms with van der Waals surface area (Å²) in [5.74, 6) is -1.09. The lowest BCUT2D eigenvalue weighted by Gasteiger charge is -2.35. The molecule has 1 aliphatic rings. The molecule has 2 nitrogen and oxygen atoms in total.